The van der Waals surface area contributed by atoms with Gasteiger partial charge in [0.15, 0.2) is 5.76 Å². The van der Waals surface area contributed by atoms with Gasteiger partial charge in [-0.15, -0.1) is 0 Å². The molecule has 1 saturated carbocycles. The molecule has 21 heavy (non-hydrogen) atoms. The zero-order valence-electron chi connectivity index (χ0n) is 11.8. The second kappa shape index (κ2) is 5.55. The van der Waals surface area contributed by atoms with E-state index in [1.165, 1.54) is 10.7 Å². The highest BCUT2D eigenvalue weighted by Gasteiger charge is 2.29. The number of nitrogens with zero attached hydrogens (tertiary/aromatic N) is 2. The van der Waals surface area contributed by atoms with Crippen LogP contribution in [0.2, 0.25) is 0 Å². The minimum absolute atomic E-state index is 0.0667. The van der Waals surface area contributed by atoms with Crippen molar-refractivity contribution < 1.29 is 9.21 Å². The molecule has 6 heteroatoms. The van der Waals surface area contributed by atoms with Crippen molar-refractivity contribution in [1.29, 1.82) is 0 Å². The molecule has 2 aromatic rings. The van der Waals surface area contributed by atoms with Crippen molar-refractivity contribution in [1.82, 2.24) is 15.1 Å². The molecule has 0 aromatic carbocycles. The third-order valence-electron chi connectivity index (χ3n) is 3.54. The van der Waals surface area contributed by atoms with Crippen molar-refractivity contribution in [2.45, 2.75) is 25.8 Å². The van der Waals surface area contributed by atoms with E-state index >= 15 is 0 Å². The fourth-order valence-corrected chi connectivity index (χ4v) is 2.12. The van der Waals surface area contributed by atoms with E-state index in [9.17, 15) is 9.59 Å². The fourth-order valence-electron chi connectivity index (χ4n) is 2.12. The van der Waals surface area contributed by atoms with Gasteiger partial charge in [-0.25, -0.2) is 4.68 Å². The second-order valence-electron chi connectivity index (χ2n) is 5.35. The van der Waals surface area contributed by atoms with Crippen LogP contribution in [-0.4, -0.2) is 22.2 Å². The molecular formula is C15H17N3O3. The van der Waals surface area contributed by atoms with E-state index in [2.05, 4.69) is 10.4 Å². The summed E-state index contributed by atoms with van der Waals surface area (Å²) >= 11 is 0. The smallest absolute Gasteiger partial charge is 0.267 e. The van der Waals surface area contributed by atoms with Gasteiger partial charge in [-0.1, -0.05) is 0 Å². The van der Waals surface area contributed by atoms with Gasteiger partial charge in [-0.3, -0.25) is 9.59 Å². The van der Waals surface area contributed by atoms with Gasteiger partial charge < -0.3 is 9.73 Å². The lowest BCUT2D eigenvalue weighted by Gasteiger charge is -2.15. The molecule has 110 valence electrons. The number of amides is 1. The Morgan fingerprint density at radius 2 is 2.29 bits per heavy atom. The van der Waals surface area contributed by atoms with Crippen LogP contribution in [0, 0.1) is 5.92 Å². The molecular weight excluding hydrogens is 270 g/mol. The molecule has 1 N–H and O–H groups in total. The Morgan fingerprint density at radius 1 is 1.48 bits per heavy atom. The summed E-state index contributed by atoms with van der Waals surface area (Å²) in [6.45, 7) is 2.25. The first-order valence-electron chi connectivity index (χ1n) is 7.06. The monoisotopic (exact) mass is 287 g/mol. The summed E-state index contributed by atoms with van der Waals surface area (Å²) in [6.07, 6.45) is 3.49. The number of aromatic nitrogens is 2. The molecule has 1 aliphatic rings. The molecule has 3 rings (SSSR count). The molecule has 1 atom stereocenters. The standard InChI is InChI=1S/C15H17N3O3/c1-10(9-16-15(20)11-4-5-11)18-14(19)7-6-12(17-18)13-3-2-8-21-13/h2-3,6-8,10-11H,4-5,9H2,1H3,(H,16,20). The Labute approximate surface area is 121 Å². The van der Waals surface area contributed by atoms with Crippen molar-refractivity contribution in [2.24, 2.45) is 5.92 Å². The lowest BCUT2D eigenvalue weighted by molar-refractivity contribution is -0.122. The highest BCUT2D eigenvalue weighted by molar-refractivity contribution is 5.80. The Hall–Kier alpha value is -2.37. The molecule has 1 aliphatic carbocycles. The van der Waals surface area contributed by atoms with Gasteiger partial charge in [-0.2, -0.15) is 5.10 Å². The highest BCUT2D eigenvalue weighted by Crippen LogP contribution is 2.28. The first kappa shape index (κ1) is 13.6. The summed E-state index contributed by atoms with van der Waals surface area (Å²) in [6, 6.07) is 6.44. The molecule has 1 amide bonds. The van der Waals surface area contributed by atoms with E-state index in [-0.39, 0.29) is 23.4 Å². The van der Waals surface area contributed by atoms with Crippen LogP contribution in [0.3, 0.4) is 0 Å². The van der Waals surface area contributed by atoms with Crippen molar-refractivity contribution >= 4 is 5.91 Å². The molecule has 0 bridgehead atoms. The average molecular weight is 287 g/mol. The van der Waals surface area contributed by atoms with Crippen LogP contribution in [0.1, 0.15) is 25.8 Å². The summed E-state index contributed by atoms with van der Waals surface area (Å²) in [5, 5.41) is 7.17. The summed E-state index contributed by atoms with van der Waals surface area (Å²) in [7, 11) is 0. The minimum atomic E-state index is -0.213. The van der Waals surface area contributed by atoms with Gasteiger partial charge >= 0.3 is 0 Å². The van der Waals surface area contributed by atoms with Crippen molar-refractivity contribution in [3.05, 3.63) is 40.9 Å². The Kier molecular flexibility index (Phi) is 3.60. The predicted molar refractivity (Wildman–Crippen MR) is 76.6 cm³/mol. The molecule has 1 fully saturated rings. The van der Waals surface area contributed by atoms with E-state index in [4.69, 9.17) is 4.42 Å². The van der Waals surface area contributed by atoms with Crippen LogP contribution in [0.4, 0.5) is 0 Å². The van der Waals surface area contributed by atoms with Crippen LogP contribution in [0.5, 0.6) is 0 Å². The number of carbonyl (C=O) groups excluding carboxylic acids is 1. The normalized spacial score (nSPS) is 15.7. The van der Waals surface area contributed by atoms with E-state index < -0.39 is 0 Å². The maximum atomic E-state index is 11.9. The molecule has 1 unspecified atom stereocenters. The third kappa shape index (κ3) is 3.04. The molecule has 0 radical (unpaired) electrons. The van der Waals surface area contributed by atoms with Crippen LogP contribution < -0.4 is 10.9 Å². The van der Waals surface area contributed by atoms with Crippen LogP contribution in [-0.2, 0) is 4.79 Å². The Balaban J connectivity index is 1.75. The van der Waals surface area contributed by atoms with Crippen LogP contribution in [0.15, 0.2) is 39.7 Å². The maximum Gasteiger partial charge on any atom is 0.267 e. The van der Waals surface area contributed by atoms with Gasteiger partial charge in [0.1, 0.15) is 5.69 Å². The number of hydrogen-bond donors (Lipinski definition) is 1. The number of furan rings is 1. The van der Waals surface area contributed by atoms with Gasteiger partial charge in [0.25, 0.3) is 5.56 Å². The molecule has 0 spiro atoms. The Morgan fingerprint density at radius 3 is 2.95 bits per heavy atom. The summed E-state index contributed by atoms with van der Waals surface area (Å²) in [5.74, 6) is 0.839. The van der Waals surface area contributed by atoms with Gasteiger partial charge in [-0.05, 0) is 38.0 Å². The quantitative estimate of drug-likeness (QED) is 0.906. The fraction of sp³-hybridized carbons (Fsp3) is 0.400. The predicted octanol–water partition coefficient (Wildman–Crippen LogP) is 1.59. The van der Waals surface area contributed by atoms with E-state index in [1.54, 1.807) is 24.5 Å². The topological polar surface area (TPSA) is 77.1 Å². The zero-order valence-corrected chi connectivity index (χ0v) is 11.8. The average Bonchev–Trinajstić information content (AvgIpc) is 3.20. The lowest BCUT2D eigenvalue weighted by atomic mass is 10.3. The molecule has 2 heterocycles. The largest absolute Gasteiger partial charge is 0.463 e. The number of carbonyl (C=O) groups is 1. The van der Waals surface area contributed by atoms with Crippen molar-refractivity contribution in [3.8, 4) is 11.5 Å². The van der Waals surface area contributed by atoms with Crippen molar-refractivity contribution in [2.75, 3.05) is 6.54 Å². The first-order valence-corrected chi connectivity index (χ1v) is 7.06. The summed E-state index contributed by atoms with van der Waals surface area (Å²) in [4.78, 5) is 23.6. The molecule has 0 saturated heterocycles. The van der Waals surface area contributed by atoms with Crippen LogP contribution >= 0.6 is 0 Å². The lowest BCUT2D eigenvalue weighted by Crippen LogP contribution is -2.35. The number of rotatable bonds is 5. The summed E-state index contributed by atoms with van der Waals surface area (Å²) < 4.78 is 6.66. The van der Waals surface area contributed by atoms with Crippen molar-refractivity contribution in [3.63, 3.8) is 0 Å². The Bertz CT molecular complexity index is 686. The van der Waals surface area contributed by atoms with Gasteiger partial charge in [0.2, 0.25) is 5.91 Å². The van der Waals surface area contributed by atoms with E-state index in [0.29, 0.717) is 18.0 Å². The van der Waals surface area contributed by atoms with Gasteiger partial charge in [0, 0.05) is 18.5 Å². The summed E-state index contributed by atoms with van der Waals surface area (Å²) in [5.41, 5.74) is 0.401. The maximum absolute atomic E-state index is 11.9. The molecule has 0 aliphatic heterocycles. The highest BCUT2D eigenvalue weighted by atomic mass is 16.3. The SMILES string of the molecule is CC(CNC(=O)C1CC1)n1nc(-c2ccco2)ccc1=O. The minimum Gasteiger partial charge on any atom is -0.463 e. The van der Waals surface area contributed by atoms with Crippen LogP contribution in [0.25, 0.3) is 11.5 Å². The first-order chi connectivity index (χ1) is 10.1. The molecule has 6 nitrogen and oxygen atoms in total. The van der Waals surface area contributed by atoms with E-state index in [0.717, 1.165) is 12.8 Å². The third-order valence-corrected chi connectivity index (χ3v) is 3.54. The van der Waals surface area contributed by atoms with Gasteiger partial charge in [0.05, 0.1) is 12.3 Å². The zero-order chi connectivity index (χ0) is 14.8. The number of nitrogens with one attached hydrogen (secondary N) is 1. The number of hydrogen-bond acceptors (Lipinski definition) is 4. The van der Waals surface area contributed by atoms with E-state index in [1.807, 2.05) is 6.92 Å². The molecule has 2 aromatic heterocycles. The second-order valence-corrected chi connectivity index (χ2v) is 5.35.